The number of aromatic amines is 1. The SMILES string of the molecule is O=c1[nH]cc(-c2ccccn2)c(-c2ccccc2)c1-c1ccccc1F. The molecule has 0 unspecified atom stereocenters. The van der Waals surface area contributed by atoms with E-state index >= 15 is 0 Å². The van der Waals surface area contributed by atoms with Crippen LogP contribution in [0, 0.1) is 5.82 Å². The van der Waals surface area contributed by atoms with Gasteiger partial charge in [-0.3, -0.25) is 9.78 Å². The quantitative estimate of drug-likeness (QED) is 0.575. The molecule has 0 aliphatic carbocycles. The highest BCUT2D eigenvalue weighted by Crippen LogP contribution is 2.37. The van der Waals surface area contributed by atoms with Gasteiger partial charge in [-0.25, -0.2) is 4.39 Å². The van der Waals surface area contributed by atoms with Crippen LogP contribution in [0.3, 0.4) is 0 Å². The molecule has 2 heterocycles. The summed E-state index contributed by atoms with van der Waals surface area (Å²) in [5.41, 5.74) is 3.18. The van der Waals surface area contributed by atoms with Crippen molar-refractivity contribution in [2.75, 3.05) is 0 Å². The number of rotatable bonds is 3. The minimum atomic E-state index is -0.437. The number of nitrogens with zero attached hydrogens (tertiary/aromatic N) is 1. The van der Waals surface area contributed by atoms with Crippen LogP contribution in [0.15, 0.2) is 90.0 Å². The molecule has 0 fully saturated rings. The molecule has 1 N–H and O–H groups in total. The molecule has 2 aromatic heterocycles. The van der Waals surface area contributed by atoms with E-state index in [4.69, 9.17) is 0 Å². The summed E-state index contributed by atoms with van der Waals surface area (Å²) < 4.78 is 14.5. The van der Waals surface area contributed by atoms with Gasteiger partial charge >= 0.3 is 0 Å². The van der Waals surface area contributed by atoms with Crippen LogP contribution in [0.4, 0.5) is 4.39 Å². The van der Waals surface area contributed by atoms with E-state index in [2.05, 4.69) is 9.97 Å². The monoisotopic (exact) mass is 342 g/mol. The number of aromatic nitrogens is 2. The highest BCUT2D eigenvalue weighted by molar-refractivity contribution is 5.92. The number of hydrogen-bond acceptors (Lipinski definition) is 2. The molecular formula is C22H15FN2O. The van der Waals surface area contributed by atoms with Gasteiger partial charge in [-0.2, -0.15) is 0 Å². The largest absolute Gasteiger partial charge is 0.328 e. The fraction of sp³-hybridized carbons (Fsp3) is 0. The third-order valence-electron chi connectivity index (χ3n) is 4.24. The summed E-state index contributed by atoms with van der Waals surface area (Å²) >= 11 is 0. The molecule has 0 aliphatic rings. The van der Waals surface area contributed by atoms with Crippen molar-refractivity contribution in [2.24, 2.45) is 0 Å². The number of nitrogens with one attached hydrogen (secondary N) is 1. The van der Waals surface area contributed by atoms with Crippen LogP contribution in [-0.2, 0) is 0 Å². The molecule has 4 rings (SSSR count). The molecule has 3 nitrogen and oxygen atoms in total. The van der Waals surface area contributed by atoms with Crippen molar-refractivity contribution in [3.63, 3.8) is 0 Å². The fourth-order valence-electron chi connectivity index (χ4n) is 3.08. The van der Waals surface area contributed by atoms with Gasteiger partial charge in [0.15, 0.2) is 0 Å². The van der Waals surface area contributed by atoms with Gasteiger partial charge < -0.3 is 4.98 Å². The summed E-state index contributed by atoms with van der Waals surface area (Å²) in [5, 5.41) is 0. The van der Waals surface area contributed by atoms with Crippen molar-refractivity contribution in [2.45, 2.75) is 0 Å². The molecule has 4 heteroatoms. The maximum absolute atomic E-state index is 14.5. The van der Waals surface area contributed by atoms with E-state index in [0.29, 0.717) is 16.8 Å². The van der Waals surface area contributed by atoms with E-state index in [9.17, 15) is 9.18 Å². The Kier molecular flexibility index (Phi) is 4.15. The minimum Gasteiger partial charge on any atom is -0.328 e. The lowest BCUT2D eigenvalue weighted by Crippen LogP contribution is -2.12. The van der Waals surface area contributed by atoms with Crippen molar-refractivity contribution in [3.8, 4) is 33.5 Å². The summed E-state index contributed by atoms with van der Waals surface area (Å²) in [6, 6.07) is 21.4. The first-order valence-corrected chi connectivity index (χ1v) is 8.23. The van der Waals surface area contributed by atoms with E-state index < -0.39 is 5.82 Å². The topological polar surface area (TPSA) is 45.8 Å². The van der Waals surface area contributed by atoms with Crippen LogP contribution in [-0.4, -0.2) is 9.97 Å². The Morgan fingerprint density at radius 1 is 0.769 bits per heavy atom. The van der Waals surface area contributed by atoms with Gasteiger partial charge in [-0.15, -0.1) is 0 Å². The zero-order valence-corrected chi connectivity index (χ0v) is 13.8. The van der Waals surface area contributed by atoms with E-state index in [1.165, 1.54) is 6.07 Å². The molecule has 0 saturated carbocycles. The Morgan fingerprint density at radius 3 is 2.23 bits per heavy atom. The number of pyridine rings is 2. The third kappa shape index (κ3) is 2.82. The lowest BCUT2D eigenvalue weighted by atomic mass is 9.91. The van der Waals surface area contributed by atoms with E-state index in [-0.39, 0.29) is 11.1 Å². The second-order valence-electron chi connectivity index (χ2n) is 5.84. The van der Waals surface area contributed by atoms with Crippen LogP contribution in [0.5, 0.6) is 0 Å². The predicted octanol–water partition coefficient (Wildman–Crippen LogP) is 4.91. The smallest absolute Gasteiger partial charge is 0.256 e. The Labute approximate surface area is 149 Å². The number of halogens is 1. The van der Waals surface area contributed by atoms with Crippen molar-refractivity contribution >= 4 is 0 Å². The second-order valence-corrected chi connectivity index (χ2v) is 5.84. The Bertz CT molecular complexity index is 1110. The zero-order valence-electron chi connectivity index (χ0n) is 13.8. The summed E-state index contributed by atoms with van der Waals surface area (Å²) in [6.07, 6.45) is 3.33. The predicted molar refractivity (Wildman–Crippen MR) is 101 cm³/mol. The molecule has 26 heavy (non-hydrogen) atoms. The molecule has 126 valence electrons. The molecule has 0 bridgehead atoms. The highest BCUT2D eigenvalue weighted by atomic mass is 19.1. The standard InChI is InChI=1S/C22H15FN2O/c23-18-11-5-4-10-16(18)21-20(15-8-2-1-3-9-15)17(14-25-22(21)26)19-12-6-7-13-24-19/h1-14H,(H,25,26). The summed E-state index contributed by atoms with van der Waals surface area (Å²) in [7, 11) is 0. The van der Waals surface area contributed by atoms with Gasteiger partial charge in [0.2, 0.25) is 0 Å². The van der Waals surface area contributed by atoms with Crippen molar-refractivity contribution in [1.29, 1.82) is 0 Å². The minimum absolute atomic E-state index is 0.269. The third-order valence-corrected chi connectivity index (χ3v) is 4.24. The first-order chi connectivity index (χ1) is 12.8. The van der Waals surface area contributed by atoms with E-state index in [0.717, 1.165) is 11.1 Å². The summed E-state index contributed by atoms with van der Waals surface area (Å²) in [4.78, 5) is 19.9. The van der Waals surface area contributed by atoms with Crippen molar-refractivity contribution < 1.29 is 4.39 Å². The van der Waals surface area contributed by atoms with Gasteiger partial charge in [0.05, 0.1) is 11.3 Å². The van der Waals surface area contributed by atoms with Gasteiger partial charge in [0.1, 0.15) is 5.82 Å². The molecule has 2 aromatic carbocycles. The van der Waals surface area contributed by atoms with Crippen LogP contribution in [0.25, 0.3) is 33.5 Å². The second kappa shape index (κ2) is 6.76. The van der Waals surface area contributed by atoms with Gasteiger partial charge in [-0.1, -0.05) is 54.6 Å². The first-order valence-electron chi connectivity index (χ1n) is 8.23. The lowest BCUT2D eigenvalue weighted by Gasteiger charge is -2.15. The van der Waals surface area contributed by atoms with Crippen LogP contribution < -0.4 is 5.56 Å². The Hall–Kier alpha value is -3.53. The zero-order chi connectivity index (χ0) is 17.9. The normalized spacial score (nSPS) is 10.7. The molecule has 0 saturated heterocycles. The van der Waals surface area contributed by atoms with Gasteiger partial charge in [-0.05, 0) is 23.8 Å². The van der Waals surface area contributed by atoms with Gasteiger partial charge in [0, 0.05) is 29.1 Å². The molecule has 0 amide bonds. The number of benzene rings is 2. The van der Waals surface area contributed by atoms with E-state index in [1.54, 1.807) is 30.6 Å². The molecule has 4 aromatic rings. The number of hydrogen-bond donors (Lipinski definition) is 1. The number of H-pyrrole nitrogens is 1. The maximum Gasteiger partial charge on any atom is 0.256 e. The van der Waals surface area contributed by atoms with Crippen LogP contribution in [0.2, 0.25) is 0 Å². The van der Waals surface area contributed by atoms with Crippen molar-refractivity contribution in [3.05, 3.63) is 101 Å². The average molecular weight is 342 g/mol. The van der Waals surface area contributed by atoms with Crippen LogP contribution >= 0.6 is 0 Å². The lowest BCUT2D eigenvalue weighted by molar-refractivity contribution is 0.631. The van der Waals surface area contributed by atoms with E-state index in [1.807, 2.05) is 48.5 Å². The van der Waals surface area contributed by atoms with Crippen molar-refractivity contribution in [1.82, 2.24) is 9.97 Å². The maximum atomic E-state index is 14.5. The fourth-order valence-corrected chi connectivity index (χ4v) is 3.08. The molecular weight excluding hydrogens is 327 g/mol. The van der Waals surface area contributed by atoms with Crippen LogP contribution in [0.1, 0.15) is 0 Å². The Morgan fingerprint density at radius 2 is 1.50 bits per heavy atom. The molecule has 0 radical (unpaired) electrons. The van der Waals surface area contributed by atoms with Gasteiger partial charge in [0.25, 0.3) is 5.56 Å². The Balaban J connectivity index is 2.12. The summed E-state index contributed by atoms with van der Waals surface area (Å²) in [6.45, 7) is 0. The average Bonchev–Trinajstić information content (AvgIpc) is 2.70. The molecule has 0 spiro atoms. The summed E-state index contributed by atoms with van der Waals surface area (Å²) in [5.74, 6) is -0.437. The highest BCUT2D eigenvalue weighted by Gasteiger charge is 2.20. The first kappa shape index (κ1) is 16.0. The molecule has 0 atom stereocenters. The molecule has 0 aliphatic heterocycles.